The quantitative estimate of drug-likeness (QED) is 0.344. The summed E-state index contributed by atoms with van der Waals surface area (Å²) in [6.07, 6.45) is -9.44. The van der Waals surface area contributed by atoms with Gasteiger partial charge in [0.25, 0.3) is 5.91 Å². The van der Waals surface area contributed by atoms with Gasteiger partial charge in [-0.15, -0.1) is 0 Å². The van der Waals surface area contributed by atoms with Crippen LogP contribution in [0.3, 0.4) is 0 Å². The van der Waals surface area contributed by atoms with Crippen LogP contribution in [0.15, 0.2) is 72.8 Å². The molecule has 0 aromatic heterocycles. The molecule has 8 nitrogen and oxygen atoms in total. The molecule has 198 valence electrons. The van der Waals surface area contributed by atoms with Crippen LogP contribution in [-0.4, -0.2) is 41.1 Å². The van der Waals surface area contributed by atoms with E-state index in [1.165, 1.54) is 48.5 Å². The number of carboxylic acids is 1. The highest BCUT2D eigenvalue weighted by atomic mass is 35.5. The van der Waals surface area contributed by atoms with E-state index in [0.717, 1.165) is 18.2 Å². The van der Waals surface area contributed by atoms with E-state index in [4.69, 9.17) is 32.7 Å². The van der Waals surface area contributed by atoms with E-state index < -0.39 is 47.8 Å². The number of rotatable bonds is 8. The number of carboxylic acid groups (broad SMARTS) is 1. The Labute approximate surface area is 222 Å². The van der Waals surface area contributed by atoms with Gasteiger partial charge in [-0.25, -0.2) is 14.4 Å². The lowest BCUT2D eigenvalue weighted by Crippen LogP contribution is -2.48. The van der Waals surface area contributed by atoms with Crippen molar-refractivity contribution in [2.24, 2.45) is 0 Å². The van der Waals surface area contributed by atoms with Crippen LogP contribution in [0.2, 0.25) is 10.0 Å². The minimum absolute atomic E-state index is 0.137. The Balaban J connectivity index is 1.93. The van der Waals surface area contributed by atoms with Gasteiger partial charge in [0.15, 0.2) is 0 Å². The molecular weight excluding hydrogens is 554 g/mol. The largest absolute Gasteiger partial charge is 0.478 e. The van der Waals surface area contributed by atoms with Gasteiger partial charge in [0, 0.05) is 15.7 Å². The van der Waals surface area contributed by atoms with E-state index in [2.05, 4.69) is 5.32 Å². The van der Waals surface area contributed by atoms with Crippen molar-refractivity contribution in [3.8, 4) is 0 Å². The molecule has 0 aliphatic rings. The normalized spacial score (nSPS) is 12.7. The SMILES string of the molecule is O=C(O[C@H](C(=O)O)[C@@H](OC(=O)c1ccc(Cl)cc1)C(=O)Nc1cccc(C(F)(F)F)c1)c1ccc(Cl)cc1. The lowest BCUT2D eigenvalue weighted by Gasteiger charge is -2.23. The summed E-state index contributed by atoms with van der Waals surface area (Å²) in [5.74, 6) is -5.64. The molecule has 38 heavy (non-hydrogen) atoms. The fourth-order valence-corrected chi connectivity index (χ4v) is 3.27. The highest BCUT2D eigenvalue weighted by molar-refractivity contribution is 6.31. The molecule has 0 aliphatic heterocycles. The molecule has 0 radical (unpaired) electrons. The summed E-state index contributed by atoms with van der Waals surface area (Å²) in [4.78, 5) is 50.3. The Hall–Kier alpha value is -4.09. The summed E-state index contributed by atoms with van der Waals surface area (Å²) in [7, 11) is 0. The average Bonchev–Trinajstić information content (AvgIpc) is 2.86. The second kappa shape index (κ2) is 12.0. The zero-order valence-electron chi connectivity index (χ0n) is 18.9. The van der Waals surface area contributed by atoms with E-state index in [9.17, 15) is 37.5 Å². The molecule has 3 rings (SSSR count). The van der Waals surface area contributed by atoms with Crippen LogP contribution >= 0.6 is 23.2 Å². The lowest BCUT2D eigenvalue weighted by molar-refractivity contribution is -0.157. The van der Waals surface area contributed by atoms with Crippen molar-refractivity contribution in [2.45, 2.75) is 18.4 Å². The maximum absolute atomic E-state index is 13.1. The van der Waals surface area contributed by atoms with Crippen molar-refractivity contribution < 1.29 is 46.9 Å². The number of benzene rings is 3. The predicted molar refractivity (Wildman–Crippen MR) is 129 cm³/mol. The fourth-order valence-electron chi connectivity index (χ4n) is 3.02. The van der Waals surface area contributed by atoms with Gasteiger partial charge in [0.2, 0.25) is 12.2 Å². The van der Waals surface area contributed by atoms with Crippen molar-refractivity contribution in [1.29, 1.82) is 0 Å². The molecule has 0 aliphatic carbocycles. The second-order valence-corrected chi connectivity index (χ2v) is 8.44. The molecule has 0 fully saturated rings. The van der Waals surface area contributed by atoms with E-state index in [1.807, 2.05) is 0 Å². The maximum Gasteiger partial charge on any atom is 0.416 e. The average molecular weight is 570 g/mol. The smallest absolute Gasteiger partial charge is 0.416 e. The molecule has 13 heteroatoms. The number of esters is 2. The van der Waals surface area contributed by atoms with Crippen molar-refractivity contribution >= 4 is 52.7 Å². The van der Waals surface area contributed by atoms with Gasteiger partial charge >= 0.3 is 24.1 Å². The molecule has 0 bridgehead atoms. The van der Waals surface area contributed by atoms with Gasteiger partial charge in [-0.2, -0.15) is 13.2 Å². The monoisotopic (exact) mass is 569 g/mol. The van der Waals surface area contributed by atoms with Gasteiger partial charge in [0.05, 0.1) is 16.7 Å². The Morgan fingerprint density at radius 3 is 1.68 bits per heavy atom. The van der Waals surface area contributed by atoms with E-state index in [1.54, 1.807) is 0 Å². The van der Waals surface area contributed by atoms with E-state index >= 15 is 0 Å². The number of anilines is 1. The number of carbonyl (C=O) groups is 4. The molecule has 3 aromatic rings. The molecule has 0 saturated carbocycles. The topological polar surface area (TPSA) is 119 Å². The maximum atomic E-state index is 13.1. The van der Waals surface area contributed by atoms with Crippen molar-refractivity contribution in [1.82, 2.24) is 0 Å². The van der Waals surface area contributed by atoms with Crippen molar-refractivity contribution in [3.63, 3.8) is 0 Å². The third-order valence-corrected chi connectivity index (χ3v) is 5.37. The third kappa shape index (κ3) is 7.46. The number of carbonyl (C=O) groups excluding carboxylic acids is 3. The molecule has 0 heterocycles. The Kier molecular flexibility index (Phi) is 8.97. The van der Waals surface area contributed by atoms with Crippen LogP contribution in [0.4, 0.5) is 18.9 Å². The van der Waals surface area contributed by atoms with Gasteiger partial charge in [-0.3, -0.25) is 4.79 Å². The zero-order chi connectivity index (χ0) is 28.0. The predicted octanol–water partition coefficient (Wildman–Crippen LogP) is 5.49. The number of hydrogen-bond acceptors (Lipinski definition) is 6. The first-order chi connectivity index (χ1) is 17.8. The first kappa shape index (κ1) is 28.5. The zero-order valence-corrected chi connectivity index (χ0v) is 20.4. The number of ether oxygens (including phenoxy) is 2. The van der Waals surface area contributed by atoms with Crippen molar-refractivity contribution in [3.05, 3.63) is 99.5 Å². The number of halogens is 5. The Bertz CT molecular complexity index is 1350. The van der Waals surface area contributed by atoms with Crippen LogP contribution < -0.4 is 5.32 Å². The molecular formula is C25H16Cl2F3NO7. The number of amides is 1. The Morgan fingerprint density at radius 2 is 1.24 bits per heavy atom. The molecule has 0 spiro atoms. The second-order valence-electron chi connectivity index (χ2n) is 7.57. The van der Waals surface area contributed by atoms with E-state index in [0.29, 0.717) is 6.07 Å². The van der Waals surface area contributed by atoms with Crippen LogP contribution in [0, 0.1) is 0 Å². The van der Waals surface area contributed by atoms with Crippen LogP contribution in [-0.2, 0) is 25.2 Å². The van der Waals surface area contributed by atoms with Gasteiger partial charge < -0.3 is 19.9 Å². The minimum Gasteiger partial charge on any atom is -0.478 e. The fraction of sp³-hybridized carbons (Fsp3) is 0.120. The summed E-state index contributed by atoms with van der Waals surface area (Å²) in [5.41, 5.74) is -1.76. The summed E-state index contributed by atoms with van der Waals surface area (Å²) >= 11 is 11.6. The first-order valence-electron chi connectivity index (χ1n) is 10.5. The van der Waals surface area contributed by atoms with Crippen LogP contribution in [0.5, 0.6) is 0 Å². The van der Waals surface area contributed by atoms with Crippen molar-refractivity contribution in [2.75, 3.05) is 5.32 Å². The molecule has 0 saturated heterocycles. The molecule has 1 amide bonds. The Morgan fingerprint density at radius 1 is 0.763 bits per heavy atom. The number of hydrogen-bond donors (Lipinski definition) is 2. The number of nitrogens with one attached hydrogen (secondary N) is 1. The highest BCUT2D eigenvalue weighted by Crippen LogP contribution is 2.31. The lowest BCUT2D eigenvalue weighted by atomic mass is 10.1. The highest BCUT2D eigenvalue weighted by Gasteiger charge is 2.41. The third-order valence-electron chi connectivity index (χ3n) is 4.86. The van der Waals surface area contributed by atoms with Gasteiger partial charge in [0.1, 0.15) is 0 Å². The standard InChI is InChI=1S/C25H16Cl2F3NO7/c26-16-8-4-13(5-9-16)23(35)37-19(21(32)31-18-3-1-2-15(12-18)25(28,29)30)20(22(33)34)38-24(36)14-6-10-17(27)11-7-14/h1-12,19-20H,(H,31,32)(H,33,34)/t19-,20+/m1/s1. The van der Waals surface area contributed by atoms with Crippen LogP contribution in [0.25, 0.3) is 0 Å². The molecule has 2 N–H and O–H groups in total. The number of alkyl halides is 3. The molecule has 2 atom stereocenters. The summed E-state index contributed by atoms with van der Waals surface area (Å²) in [5, 5.41) is 12.3. The molecule has 3 aromatic carbocycles. The summed E-state index contributed by atoms with van der Waals surface area (Å²) in [6.45, 7) is 0. The van der Waals surface area contributed by atoms with E-state index in [-0.39, 0.29) is 26.9 Å². The summed E-state index contributed by atoms with van der Waals surface area (Å²) < 4.78 is 49.3. The van der Waals surface area contributed by atoms with Crippen LogP contribution in [0.1, 0.15) is 26.3 Å². The minimum atomic E-state index is -4.74. The number of aliphatic carboxylic acids is 1. The first-order valence-corrected chi connectivity index (χ1v) is 11.2. The van der Waals surface area contributed by atoms with Gasteiger partial charge in [-0.05, 0) is 66.7 Å². The molecule has 0 unspecified atom stereocenters. The van der Waals surface area contributed by atoms with Gasteiger partial charge in [-0.1, -0.05) is 29.3 Å². The summed E-state index contributed by atoms with van der Waals surface area (Å²) in [6, 6.07) is 13.6.